The number of halogens is 2. The first-order chi connectivity index (χ1) is 7.35. The molecule has 2 nitrogen and oxygen atoms in total. The van der Waals surface area contributed by atoms with Crippen LogP contribution in [0.25, 0.3) is 0 Å². The Morgan fingerprint density at radius 1 is 1.38 bits per heavy atom. The van der Waals surface area contributed by atoms with E-state index in [4.69, 9.17) is 5.26 Å². The average Bonchev–Trinajstić information content (AvgIpc) is 2.21. The number of hydrogen-bond donors (Lipinski definition) is 0. The molecule has 0 saturated carbocycles. The molecule has 0 saturated heterocycles. The number of anilines is 1. The molecule has 0 aliphatic rings. The molecule has 86 valence electrons. The quantitative estimate of drug-likeness (QED) is 0.789. The zero-order chi connectivity index (χ0) is 12.3. The van der Waals surface area contributed by atoms with E-state index in [-0.39, 0.29) is 5.69 Å². The molecule has 0 aromatic heterocycles. The lowest BCUT2D eigenvalue weighted by atomic mass is 9.95. The fraction of sp³-hybridized carbons (Fsp3) is 0.417. The molecule has 4 heteroatoms. The molecule has 1 rings (SSSR count). The van der Waals surface area contributed by atoms with E-state index in [1.807, 2.05) is 0 Å². The molecule has 0 bridgehead atoms. The Bertz CT molecular complexity index is 422. The van der Waals surface area contributed by atoms with Gasteiger partial charge >= 0.3 is 0 Å². The highest BCUT2D eigenvalue weighted by Gasteiger charge is 2.21. The lowest BCUT2D eigenvalue weighted by molar-refractivity contribution is 0.491. The van der Waals surface area contributed by atoms with Gasteiger partial charge in [-0.1, -0.05) is 0 Å². The third-order valence-electron chi connectivity index (χ3n) is 2.25. The van der Waals surface area contributed by atoms with E-state index in [1.54, 1.807) is 25.8 Å². The predicted octanol–water partition coefficient (Wildman–Crippen LogP) is 2.95. The second kappa shape index (κ2) is 4.48. The van der Waals surface area contributed by atoms with Crippen LogP contribution in [0.3, 0.4) is 0 Å². The van der Waals surface area contributed by atoms with Crippen LogP contribution >= 0.6 is 0 Å². The molecular weight excluding hydrogens is 210 g/mol. The summed E-state index contributed by atoms with van der Waals surface area (Å²) in [5, 5.41) is 8.87. The molecule has 0 fully saturated rings. The van der Waals surface area contributed by atoms with Gasteiger partial charge in [0.2, 0.25) is 0 Å². The van der Waals surface area contributed by atoms with Crippen LogP contribution in [0.4, 0.5) is 14.5 Å². The fourth-order valence-corrected chi connectivity index (χ4v) is 1.49. The van der Waals surface area contributed by atoms with Crippen LogP contribution < -0.4 is 4.90 Å². The van der Waals surface area contributed by atoms with E-state index in [0.29, 0.717) is 6.54 Å². The first kappa shape index (κ1) is 12.4. The first-order valence-corrected chi connectivity index (χ1v) is 4.93. The topological polar surface area (TPSA) is 27.0 Å². The van der Waals surface area contributed by atoms with Crippen molar-refractivity contribution in [3.05, 3.63) is 29.8 Å². The SMILES string of the molecule is CN(CC(C)(C)C#N)c1cc(F)ccc1F. The van der Waals surface area contributed by atoms with Gasteiger partial charge < -0.3 is 4.90 Å². The Morgan fingerprint density at radius 3 is 2.56 bits per heavy atom. The number of hydrogen-bond acceptors (Lipinski definition) is 2. The predicted molar refractivity (Wildman–Crippen MR) is 59.0 cm³/mol. The maximum Gasteiger partial charge on any atom is 0.146 e. The largest absolute Gasteiger partial charge is 0.371 e. The summed E-state index contributed by atoms with van der Waals surface area (Å²) in [6.45, 7) is 3.84. The molecule has 0 aliphatic carbocycles. The van der Waals surface area contributed by atoms with Crippen molar-refractivity contribution in [2.24, 2.45) is 5.41 Å². The van der Waals surface area contributed by atoms with Gasteiger partial charge in [0.15, 0.2) is 0 Å². The second-order valence-corrected chi connectivity index (χ2v) is 4.45. The summed E-state index contributed by atoms with van der Waals surface area (Å²) in [6, 6.07) is 5.40. The smallest absolute Gasteiger partial charge is 0.146 e. The molecule has 1 aromatic rings. The molecule has 0 atom stereocenters. The van der Waals surface area contributed by atoms with Crippen LogP contribution in [0.2, 0.25) is 0 Å². The molecular formula is C12H14F2N2. The molecule has 0 heterocycles. The van der Waals surface area contributed by atoms with Gasteiger partial charge in [-0.3, -0.25) is 0 Å². The van der Waals surface area contributed by atoms with Gasteiger partial charge in [-0.25, -0.2) is 8.78 Å². The molecule has 0 N–H and O–H groups in total. The van der Waals surface area contributed by atoms with E-state index in [9.17, 15) is 8.78 Å². The van der Waals surface area contributed by atoms with Gasteiger partial charge in [0.1, 0.15) is 11.6 Å². The Kier molecular flexibility index (Phi) is 3.48. The average molecular weight is 224 g/mol. The van der Waals surface area contributed by atoms with Gasteiger partial charge in [-0.15, -0.1) is 0 Å². The van der Waals surface area contributed by atoms with Crippen molar-refractivity contribution in [2.45, 2.75) is 13.8 Å². The Balaban J connectivity index is 2.93. The van der Waals surface area contributed by atoms with Crippen molar-refractivity contribution in [3.8, 4) is 6.07 Å². The Morgan fingerprint density at radius 2 is 2.00 bits per heavy atom. The molecule has 0 spiro atoms. The fourth-order valence-electron chi connectivity index (χ4n) is 1.49. The van der Waals surface area contributed by atoms with Crippen molar-refractivity contribution in [3.63, 3.8) is 0 Å². The lowest BCUT2D eigenvalue weighted by Crippen LogP contribution is -2.30. The second-order valence-electron chi connectivity index (χ2n) is 4.45. The number of benzene rings is 1. The first-order valence-electron chi connectivity index (χ1n) is 4.93. The highest BCUT2D eigenvalue weighted by atomic mass is 19.1. The van der Waals surface area contributed by atoms with Gasteiger partial charge in [0.05, 0.1) is 17.2 Å². The maximum absolute atomic E-state index is 13.4. The minimum absolute atomic E-state index is 0.170. The van der Waals surface area contributed by atoms with Crippen LogP contribution in [0.15, 0.2) is 18.2 Å². The normalized spacial score (nSPS) is 11.0. The minimum atomic E-state index is -0.604. The van der Waals surface area contributed by atoms with Crippen molar-refractivity contribution in [2.75, 3.05) is 18.5 Å². The highest BCUT2D eigenvalue weighted by Crippen LogP contribution is 2.23. The number of nitrogens with zero attached hydrogens (tertiary/aromatic N) is 2. The van der Waals surface area contributed by atoms with E-state index in [2.05, 4.69) is 6.07 Å². The molecule has 0 aliphatic heterocycles. The Hall–Kier alpha value is -1.63. The van der Waals surface area contributed by atoms with Gasteiger partial charge in [0, 0.05) is 19.7 Å². The summed E-state index contributed by atoms with van der Waals surface area (Å²) in [7, 11) is 1.64. The lowest BCUT2D eigenvalue weighted by Gasteiger charge is -2.26. The van der Waals surface area contributed by atoms with Crippen LogP contribution in [0.5, 0.6) is 0 Å². The molecule has 0 radical (unpaired) electrons. The summed E-state index contributed by atoms with van der Waals surface area (Å²) >= 11 is 0. The van der Waals surface area contributed by atoms with Gasteiger partial charge in [-0.05, 0) is 26.0 Å². The van der Waals surface area contributed by atoms with Crippen LogP contribution in [-0.4, -0.2) is 13.6 Å². The van der Waals surface area contributed by atoms with E-state index in [1.165, 1.54) is 0 Å². The van der Waals surface area contributed by atoms with E-state index < -0.39 is 17.0 Å². The number of nitriles is 1. The summed E-state index contributed by atoms with van der Waals surface area (Å²) in [6.07, 6.45) is 0. The number of rotatable bonds is 3. The molecule has 0 amide bonds. The summed E-state index contributed by atoms with van der Waals surface area (Å²) in [4.78, 5) is 1.54. The summed E-state index contributed by atoms with van der Waals surface area (Å²) in [5.74, 6) is -0.976. The minimum Gasteiger partial charge on any atom is -0.371 e. The zero-order valence-corrected chi connectivity index (χ0v) is 9.59. The monoisotopic (exact) mass is 224 g/mol. The summed E-state index contributed by atoms with van der Waals surface area (Å²) in [5.41, 5.74) is -0.434. The van der Waals surface area contributed by atoms with Crippen molar-refractivity contribution in [1.29, 1.82) is 5.26 Å². The molecule has 1 aromatic carbocycles. The standard InChI is InChI=1S/C12H14F2N2/c1-12(2,7-15)8-16(3)11-6-9(13)4-5-10(11)14/h4-6H,8H2,1-3H3. The van der Waals surface area contributed by atoms with Crippen molar-refractivity contribution < 1.29 is 8.78 Å². The highest BCUT2D eigenvalue weighted by molar-refractivity contribution is 5.47. The van der Waals surface area contributed by atoms with Gasteiger partial charge in [-0.2, -0.15) is 5.26 Å². The van der Waals surface area contributed by atoms with Crippen LogP contribution in [-0.2, 0) is 0 Å². The van der Waals surface area contributed by atoms with Crippen molar-refractivity contribution >= 4 is 5.69 Å². The molecule has 16 heavy (non-hydrogen) atoms. The van der Waals surface area contributed by atoms with E-state index in [0.717, 1.165) is 18.2 Å². The maximum atomic E-state index is 13.4. The molecule has 0 unspecified atom stereocenters. The summed E-state index contributed by atoms with van der Waals surface area (Å²) < 4.78 is 26.4. The van der Waals surface area contributed by atoms with Crippen LogP contribution in [0.1, 0.15) is 13.8 Å². The third kappa shape index (κ3) is 2.93. The van der Waals surface area contributed by atoms with Crippen molar-refractivity contribution in [1.82, 2.24) is 0 Å². The van der Waals surface area contributed by atoms with Crippen LogP contribution in [0, 0.1) is 28.4 Å². The third-order valence-corrected chi connectivity index (χ3v) is 2.25. The zero-order valence-electron chi connectivity index (χ0n) is 9.59. The van der Waals surface area contributed by atoms with Gasteiger partial charge in [0.25, 0.3) is 0 Å². The van der Waals surface area contributed by atoms with E-state index >= 15 is 0 Å². The Labute approximate surface area is 94.1 Å².